The number of hydrogen-bond acceptors (Lipinski definition) is 4. The van der Waals surface area contributed by atoms with Crippen LogP contribution in [0.25, 0.3) is 0 Å². The third kappa shape index (κ3) is 2.83. The number of cyclic esters (lactones) is 1. The number of carbonyl (C=O) groups excluding carboxylic acids is 2. The van der Waals surface area contributed by atoms with Crippen molar-refractivity contribution in [2.24, 2.45) is 0 Å². The summed E-state index contributed by atoms with van der Waals surface area (Å²) in [6.45, 7) is 0.666. The molecule has 5 heteroatoms. The van der Waals surface area contributed by atoms with Crippen LogP contribution >= 0.6 is 0 Å². The van der Waals surface area contributed by atoms with E-state index in [1.165, 1.54) is 13.2 Å². The molecule has 0 aromatic heterocycles. The van der Waals surface area contributed by atoms with Gasteiger partial charge in [-0.05, 0) is 18.9 Å². The average Bonchev–Trinajstić information content (AvgIpc) is 2.75. The number of methoxy groups -OCH3 is 1. The maximum Gasteiger partial charge on any atom is 0.409 e. The van der Waals surface area contributed by atoms with Gasteiger partial charge in [0, 0.05) is 12.6 Å². The molecule has 1 saturated heterocycles. The summed E-state index contributed by atoms with van der Waals surface area (Å²) in [5, 5.41) is 0. The minimum Gasteiger partial charge on any atom is -0.453 e. The molecule has 1 amide bonds. The van der Waals surface area contributed by atoms with Crippen LogP contribution in [0.1, 0.15) is 32.1 Å². The SMILES string of the molecule is COC(=O)N1CCCCCC[C@@H]1[C@H]1C=CC(=O)O1. The molecule has 0 bridgehead atoms. The summed E-state index contributed by atoms with van der Waals surface area (Å²) in [6, 6.07) is -0.0968. The minimum atomic E-state index is -0.335. The molecule has 0 aromatic carbocycles. The monoisotopic (exact) mass is 253 g/mol. The van der Waals surface area contributed by atoms with Gasteiger partial charge in [0.1, 0.15) is 6.10 Å². The summed E-state index contributed by atoms with van der Waals surface area (Å²) in [5.41, 5.74) is 0. The van der Waals surface area contributed by atoms with E-state index in [1.54, 1.807) is 11.0 Å². The van der Waals surface area contributed by atoms with E-state index in [0.29, 0.717) is 6.54 Å². The maximum absolute atomic E-state index is 11.8. The first-order valence-corrected chi connectivity index (χ1v) is 6.46. The Morgan fingerprint density at radius 1 is 1.39 bits per heavy atom. The molecule has 1 fully saturated rings. The smallest absolute Gasteiger partial charge is 0.409 e. The first-order valence-electron chi connectivity index (χ1n) is 6.46. The zero-order chi connectivity index (χ0) is 13.0. The highest BCUT2D eigenvalue weighted by molar-refractivity contribution is 5.84. The molecule has 0 spiro atoms. The molecule has 2 atom stereocenters. The Balaban J connectivity index is 2.11. The maximum atomic E-state index is 11.8. The standard InChI is InChI=1S/C13H19NO4/c1-17-13(16)14-9-5-3-2-4-6-10(14)11-7-8-12(15)18-11/h7-8,10-11H,2-6,9H2,1H3/t10-,11-/m1/s1. The Bertz CT molecular complexity index is 353. The number of esters is 1. The third-order valence-corrected chi connectivity index (χ3v) is 3.51. The summed E-state index contributed by atoms with van der Waals surface area (Å²) >= 11 is 0. The van der Waals surface area contributed by atoms with E-state index in [-0.39, 0.29) is 24.2 Å². The van der Waals surface area contributed by atoms with Crippen LogP contribution in [0.3, 0.4) is 0 Å². The molecule has 0 saturated carbocycles. The van der Waals surface area contributed by atoms with E-state index in [0.717, 1.165) is 32.1 Å². The summed E-state index contributed by atoms with van der Waals surface area (Å²) < 4.78 is 10.0. The van der Waals surface area contributed by atoms with Crippen molar-refractivity contribution in [3.8, 4) is 0 Å². The van der Waals surface area contributed by atoms with Crippen molar-refractivity contribution in [2.75, 3.05) is 13.7 Å². The van der Waals surface area contributed by atoms with Gasteiger partial charge < -0.3 is 14.4 Å². The molecule has 0 N–H and O–H groups in total. The van der Waals surface area contributed by atoms with Gasteiger partial charge in [-0.15, -0.1) is 0 Å². The molecule has 2 aliphatic rings. The second-order valence-electron chi connectivity index (χ2n) is 4.69. The summed E-state index contributed by atoms with van der Waals surface area (Å²) in [4.78, 5) is 24.7. The van der Waals surface area contributed by atoms with Crippen molar-refractivity contribution in [1.82, 2.24) is 4.90 Å². The molecule has 18 heavy (non-hydrogen) atoms. The van der Waals surface area contributed by atoms with Gasteiger partial charge in [0.2, 0.25) is 0 Å². The fourth-order valence-corrected chi connectivity index (χ4v) is 2.59. The Morgan fingerprint density at radius 3 is 2.83 bits per heavy atom. The van der Waals surface area contributed by atoms with Gasteiger partial charge in [-0.1, -0.05) is 19.3 Å². The van der Waals surface area contributed by atoms with Crippen LogP contribution in [0, 0.1) is 0 Å². The van der Waals surface area contributed by atoms with Crippen LogP contribution in [0.4, 0.5) is 4.79 Å². The van der Waals surface area contributed by atoms with Crippen molar-refractivity contribution >= 4 is 12.1 Å². The van der Waals surface area contributed by atoms with E-state index >= 15 is 0 Å². The lowest BCUT2D eigenvalue weighted by Gasteiger charge is -2.34. The third-order valence-electron chi connectivity index (χ3n) is 3.51. The van der Waals surface area contributed by atoms with E-state index in [4.69, 9.17) is 9.47 Å². The van der Waals surface area contributed by atoms with Crippen LogP contribution in [0.15, 0.2) is 12.2 Å². The lowest BCUT2D eigenvalue weighted by atomic mass is 9.98. The molecule has 0 aliphatic carbocycles. The van der Waals surface area contributed by atoms with Gasteiger partial charge in [0.25, 0.3) is 0 Å². The topological polar surface area (TPSA) is 55.8 Å². The van der Waals surface area contributed by atoms with Crippen molar-refractivity contribution in [3.05, 3.63) is 12.2 Å². The number of rotatable bonds is 1. The number of hydrogen-bond donors (Lipinski definition) is 0. The van der Waals surface area contributed by atoms with Crippen LogP contribution in [0.2, 0.25) is 0 Å². The van der Waals surface area contributed by atoms with Gasteiger partial charge in [-0.3, -0.25) is 0 Å². The highest BCUT2D eigenvalue weighted by atomic mass is 16.6. The molecule has 0 radical (unpaired) electrons. The molecule has 0 aromatic rings. The second kappa shape index (κ2) is 5.89. The molecule has 0 unspecified atom stereocenters. The van der Waals surface area contributed by atoms with Crippen molar-refractivity contribution in [1.29, 1.82) is 0 Å². The van der Waals surface area contributed by atoms with Crippen LogP contribution in [0.5, 0.6) is 0 Å². The first kappa shape index (κ1) is 12.9. The Morgan fingerprint density at radius 2 is 2.17 bits per heavy atom. The number of nitrogens with zero attached hydrogens (tertiary/aromatic N) is 1. The molecule has 5 nitrogen and oxygen atoms in total. The fourth-order valence-electron chi connectivity index (χ4n) is 2.59. The van der Waals surface area contributed by atoms with E-state index in [1.807, 2.05) is 0 Å². The number of likely N-dealkylation sites (tertiary alicyclic amines) is 1. The molecular formula is C13H19NO4. The van der Waals surface area contributed by atoms with Crippen LogP contribution in [-0.2, 0) is 14.3 Å². The van der Waals surface area contributed by atoms with Gasteiger partial charge in [-0.2, -0.15) is 0 Å². The Hall–Kier alpha value is -1.52. The van der Waals surface area contributed by atoms with E-state index in [9.17, 15) is 9.59 Å². The molecular weight excluding hydrogens is 234 g/mol. The van der Waals surface area contributed by atoms with Crippen molar-refractivity contribution in [3.63, 3.8) is 0 Å². The van der Waals surface area contributed by atoms with Gasteiger partial charge in [0.05, 0.1) is 13.2 Å². The van der Waals surface area contributed by atoms with E-state index < -0.39 is 0 Å². The van der Waals surface area contributed by atoms with Gasteiger partial charge >= 0.3 is 12.1 Å². The summed E-state index contributed by atoms with van der Waals surface area (Å²) in [6.07, 6.45) is 7.65. The number of ether oxygens (including phenoxy) is 2. The Kier molecular flexibility index (Phi) is 4.23. The Labute approximate surface area is 107 Å². The second-order valence-corrected chi connectivity index (χ2v) is 4.69. The molecule has 2 aliphatic heterocycles. The van der Waals surface area contributed by atoms with Crippen molar-refractivity contribution < 1.29 is 19.1 Å². The van der Waals surface area contributed by atoms with Crippen LogP contribution < -0.4 is 0 Å². The predicted octanol–water partition coefficient (Wildman–Crippen LogP) is 1.87. The van der Waals surface area contributed by atoms with Gasteiger partial charge in [-0.25, -0.2) is 9.59 Å². The van der Waals surface area contributed by atoms with Crippen molar-refractivity contribution in [2.45, 2.75) is 44.2 Å². The average molecular weight is 253 g/mol. The summed E-state index contributed by atoms with van der Waals surface area (Å²) in [5.74, 6) is -0.327. The highest BCUT2D eigenvalue weighted by Crippen LogP contribution is 2.24. The zero-order valence-electron chi connectivity index (χ0n) is 10.6. The minimum absolute atomic E-state index is 0.0968. The number of carbonyl (C=O) groups is 2. The summed E-state index contributed by atoms with van der Waals surface area (Å²) in [7, 11) is 1.38. The molecule has 100 valence electrons. The fraction of sp³-hybridized carbons (Fsp3) is 0.692. The quantitative estimate of drug-likeness (QED) is 0.669. The zero-order valence-corrected chi connectivity index (χ0v) is 10.6. The largest absolute Gasteiger partial charge is 0.453 e. The van der Waals surface area contributed by atoms with Crippen LogP contribution in [-0.4, -0.2) is 42.8 Å². The van der Waals surface area contributed by atoms with Gasteiger partial charge in [0.15, 0.2) is 0 Å². The molecule has 2 rings (SSSR count). The lowest BCUT2D eigenvalue weighted by Crippen LogP contribution is -2.47. The lowest BCUT2D eigenvalue weighted by molar-refractivity contribution is -0.141. The first-order chi connectivity index (χ1) is 8.72. The normalized spacial score (nSPS) is 28.5. The molecule has 2 heterocycles. The predicted molar refractivity (Wildman–Crippen MR) is 65.0 cm³/mol. The van der Waals surface area contributed by atoms with E-state index in [2.05, 4.69) is 0 Å². The number of amides is 1. The highest BCUT2D eigenvalue weighted by Gasteiger charge is 2.34.